The first kappa shape index (κ1) is 28.4. The highest BCUT2D eigenvalue weighted by molar-refractivity contribution is 5.62. The Kier molecular flexibility index (Phi) is 7.26. The standard InChI is InChI=1S/C36H38N2O6/c1-37-13-11-23-18-32(41-3)33-19-26(23)28(37)16-22-7-10-30(39)31(17-22)43-24-8-5-21(6-9-24)15-29-27-20-34(42-4)35(40)36(44-33)25(27)12-14-38(29)2/h5-10,17-20,28-29,39-40H,11-16H2,1-4H3/t28-,29+/m1/s1. The Bertz CT molecular complexity index is 1720. The Balaban J connectivity index is 1.44. The molecule has 0 saturated heterocycles. The minimum absolute atomic E-state index is 0.00740. The molecule has 0 fully saturated rings. The maximum Gasteiger partial charge on any atom is 0.201 e. The van der Waals surface area contributed by atoms with Gasteiger partial charge in [-0.25, -0.2) is 0 Å². The van der Waals surface area contributed by atoms with Crippen molar-refractivity contribution in [3.05, 3.63) is 94.0 Å². The van der Waals surface area contributed by atoms with Crippen LogP contribution in [0.5, 0.6) is 46.0 Å². The molecule has 10 bridgehead atoms. The molecular formula is C36H38N2O6. The van der Waals surface area contributed by atoms with E-state index in [1.165, 1.54) is 5.56 Å². The number of hydrogen-bond donors (Lipinski definition) is 2. The number of benzene rings is 4. The van der Waals surface area contributed by atoms with Crippen molar-refractivity contribution >= 4 is 0 Å². The van der Waals surface area contributed by atoms with Crippen molar-refractivity contribution in [1.29, 1.82) is 0 Å². The summed E-state index contributed by atoms with van der Waals surface area (Å²) in [6.07, 6.45) is 3.05. The zero-order valence-electron chi connectivity index (χ0n) is 25.6. The fraction of sp³-hybridized carbons (Fsp3) is 0.333. The van der Waals surface area contributed by atoms with Gasteiger partial charge in [0, 0.05) is 30.7 Å². The minimum atomic E-state index is -0.00740. The molecule has 8 rings (SSSR count). The molecule has 0 radical (unpaired) electrons. The fourth-order valence-corrected chi connectivity index (χ4v) is 6.93. The molecule has 4 aliphatic heterocycles. The molecule has 0 spiro atoms. The Morgan fingerprint density at radius 3 is 2.14 bits per heavy atom. The molecule has 0 unspecified atom stereocenters. The third-order valence-electron chi connectivity index (χ3n) is 9.48. The summed E-state index contributed by atoms with van der Waals surface area (Å²) in [6.45, 7) is 1.71. The molecule has 2 atom stereocenters. The first-order valence-corrected chi connectivity index (χ1v) is 15.1. The molecule has 8 heteroatoms. The van der Waals surface area contributed by atoms with Crippen LogP contribution in [-0.4, -0.2) is 61.4 Å². The van der Waals surface area contributed by atoms with E-state index in [1.807, 2.05) is 30.3 Å². The second-order valence-electron chi connectivity index (χ2n) is 12.1. The van der Waals surface area contributed by atoms with Crippen LogP contribution in [0.25, 0.3) is 0 Å². The van der Waals surface area contributed by atoms with Crippen LogP contribution < -0.4 is 18.9 Å². The Morgan fingerprint density at radius 2 is 1.39 bits per heavy atom. The Labute approximate surface area is 258 Å². The summed E-state index contributed by atoms with van der Waals surface area (Å²) >= 11 is 0. The molecule has 2 N–H and O–H groups in total. The SMILES string of the molecule is COc1cc2c3cc1Oc1c(O)c(OC)cc4c1CCN(C)[C@H]4Cc1ccc(cc1)Oc1cc(ccc1O)C[C@H]3N(C)CC2. The van der Waals surface area contributed by atoms with Crippen molar-refractivity contribution in [2.45, 2.75) is 37.8 Å². The molecule has 8 nitrogen and oxygen atoms in total. The Morgan fingerprint density at radius 1 is 0.705 bits per heavy atom. The molecule has 44 heavy (non-hydrogen) atoms. The molecule has 4 aromatic carbocycles. The van der Waals surface area contributed by atoms with Gasteiger partial charge in [0.15, 0.2) is 34.5 Å². The molecule has 0 saturated carbocycles. The van der Waals surface area contributed by atoms with Gasteiger partial charge in [0.1, 0.15) is 5.75 Å². The van der Waals surface area contributed by atoms with E-state index in [4.69, 9.17) is 18.9 Å². The molecule has 0 amide bonds. The number of ether oxygens (including phenoxy) is 4. The summed E-state index contributed by atoms with van der Waals surface area (Å²) in [5.74, 6) is 3.16. The van der Waals surface area contributed by atoms with Crippen molar-refractivity contribution in [2.24, 2.45) is 0 Å². The number of phenolic OH excluding ortho intramolecular Hbond substituents is 2. The number of likely N-dealkylation sites (N-methyl/N-ethyl adjacent to an activating group) is 2. The lowest BCUT2D eigenvalue weighted by molar-refractivity contribution is 0.224. The average Bonchev–Trinajstić information content (AvgIpc) is 3.03. The lowest BCUT2D eigenvalue weighted by Crippen LogP contribution is -2.34. The maximum atomic E-state index is 11.5. The van der Waals surface area contributed by atoms with Gasteiger partial charge in [-0.3, -0.25) is 9.80 Å². The fourth-order valence-electron chi connectivity index (χ4n) is 6.93. The van der Waals surface area contributed by atoms with Crippen LogP contribution in [0, 0.1) is 0 Å². The van der Waals surface area contributed by atoms with Gasteiger partial charge in [0.25, 0.3) is 0 Å². The number of nitrogens with zero attached hydrogens (tertiary/aromatic N) is 2. The van der Waals surface area contributed by atoms with Crippen LogP contribution in [0.1, 0.15) is 45.5 Å². The first-order valence-electron chi connectivity index (χ1n) is 15.1. The van der Waals surface area contributed by atoms with E-state index in [9.17, 15) is 10.2 Å². The third-order valence-corrected chi connectivity index (χ3v) is 9.48. The molecule has 228 valence electrons. The summed E-state index contributed by atoms with van der Waals surface area (Å²) in [4.78, 5) is 4.68. The van der Waals surface area contributed by atoms with E-state index in [1.54, 1.807) is 20.3 Å². The Hall–Kier alpha value is -4.40. The highest BCUT2D eigenvalue weighted by Crippen LogP contribution is 2.50. The van der Waals surface area contributed by atoms with E-state index in [2.05, 4.69) is 48.2 Å². The lowest BCUT2D eigenvalue weighted by Gasteiger charge is -2.37. The molecule has 0 aromatic heterocycles. The van der Waals surface area contributed by atoms with E-state index in [0.29, 0.717) is 40.9 Å². The van der Waals surface area contributed by atoms with Crippen LogP contribution in [0.3, 0.4) is 0 Å². The van der Waals surface area contributed by atoms with E-state index in [-0.39, 0.29) is 23.6 Å². The van der Waals surface area contributed by atoms with Crippen molar-refractivity contribution in [1.82, 2.24) is 9.80 Å². The van der Waals surface area contributed by atoms with Gasteiger partial charge in [-0.05, 0) is 110 Å². The quantitative estimate of drug-likeness (QED) is 0.270. The van der Waals surface area contributed by atoms with Crippen molar-refractivity contribution in [3.8, 4) is 46.0 Å². The number of hydrogen-bond acceptors (Lipinski definition) is 8. The highest BCUT2D eigenvalue weighted by Gasteiger charge is 2.33. The molecule has 4 heterocycles. The topological polar surface area (TPSA) is 83.9 Å². The number of aromatic hydroxyl groups is 2. The number of phenols is 2. The molecular weight excluding hydrogens is 556 g/mol. The van der Waals surface area contributed by atoms with Gasteiger partial charge in [-0.2, -0.15) is 0 Å². The van der Waals surface area contributed by atoms with E-state index in [0.717, 1.165) is 60.2 Å². The molecule has 4 aromatic rings. The molecule has 4 aliphatic rings. The van der Waals surface area contributed by atoms with Gasteiger partial charge in [-0.15, -0.1) is 0 Å². The summed E-state index contributed by atoms with van der Waals surface area (Å²) in [7, 11) is 7.48. The van der Waals surface area contributed by atoms with Crippen molar-refractivity contribution < 1.29 is 29.2 Å². The van der Waals surface area contributed by atoms with Gasteiger partial charge < -0.3 is 29.2 Å². The summed E-state index contributed by atoms with van der Waals surface area (Å²) in [5, 5.41) is 22.1. The van der Waals surface area contributed by atoms with Crippen molar-refractivity contribution in [3.63, 3.8) is 0 Å². The minimum Gasteiger partial charge on any atom is -0.504 e. The first-order chi connectivity index (χ1) is 21.3. The smallest absolute Gasteiger partial charge is 0.201 e. The number of methoxy groups -OCH3 is 2. The van der Waals surface area contributed by atoms with E-state index < -0.39 is 0 Å². The van der Waals surface area contributed by atoms with Crippen LogP contribution in [0.15, 0.2) is 60.7 Å². The summed E-state index contributed by atoms with van der Waals surface area (Å²) in [5.41, 5.74) is 6.58. The zero-order chi connectivity index (χ0) is 30.5. The third kappa shape index (κ3) is 4.98. The molecule has 0 aliphatic carbocycles. The van der Waals surface area contributed by atoms with Gasteiger partial charge in [-0.1, -0.05) is 18.2 Å². The maximum absolute atomic E-state index is 11.5. The van der Waals surface area contributed by atoms with Crippen LogP contribution in [0.4, 0.5) is 0 Å². The predicted molar refractivity (Wildman–Crippen MR) is 168 cm³/mol. The predicted octanol–water partition coefficient (Wildman–Crippen LogP) is 6.56. The van der Waals surface area contributed by atoms with Gasteiger partial charge in [0.2, 0.25) is 5.75 Å². The normalized spacial score (nSPS) is 19.6. The summed E-state index contributed by atoms with van der Waals surface area (Å²) in [6, 6.07) is 19.8. The number of rotatable bonds is 2. The lowest BCUT2D eigenvalue weighted by atomic mass is 9.87. The van der Waals surface area contributed by atoms with Crippen molar-refractivity contribution in [2.75, 3.05) is 41.4 Å². The highest BCUT2D eigenvalue weighted by atomic mass is 16.5. The van der Waals surface area contributed by atoms with Crippen LogP contribution in [-0.2, 0) is 25.7 Å². The van der Waals surface area contributed by atoms with E-state index >= 15 is 0 Å². The average molecular weight is 595 g/mol. The largest absolute Gasteiger partial charge is 0.504 e. The number of fused-ring (bicyclic) bond motifs is 2. The second kappa shape index (κ2) is 11.3. The van der Waals surface area contributed by atoms with Gasteiger partial charge in [0.05, 0.1) is 14.2 Å². The summed E-state index contributed by atoms with van der Waals surface area (Å²) < 4.78 is 24.4. The second-order valence-corrected chi connectivity index (χ2v) is 12.1. The zero-order valence-corrected chi connectivity index (χ0v) is 25.6. The van der Waals surface area contributed by atoms with Crippen LogP contribution in [0.2, 0.25) is 0 Å². The van der Waals surface area contributed by atoms with Crippen LogP contribution >= 0.6 is 0 Å². The van der Waals surface area contributed by atoms with Gasteiger partial charge >= 0.3 is 0 Å². The monoisotopic (exact) mass is 594 g/mol.